The Balaban J connectivity index is 3.88. The highest BCUT2D eigenvalue weighted by atomic mass is 16.4. The van der Waals surface area contributed by atoms with Gasteiger partial charge in [-0.2, -0.15) is 0 Å². The smallest absolute Gasteiger partial charge is 0.319 e. The number of aliphatic hydroxyl groups is 1. The number of likely N-dealkylation sites (N-methyl/N-ethyl adjacent to an activating group) is 1. The van der Waals surface area contributed by atoms with Crippen molar-refractivity contribution in [1.82, 2.24) is 15.8 Å². The van der Waals surface area contributed by atoms with Crippen LogP contribution in [0.1, 0.15) is 12.8 Å². The Bertz CT molecular complexity index is 344. The molecule has 3 atom stereocenters. The quantitative estimate of drug-likeness (QED) is 0.179. The average Bonchev–Trinajstić information content (AvgIpc) is 2.36. The molecule has 0 aliphatic heterocycles. The molecule has 0 spiro atoms. The van der Waals surface area contributed by atoms with Gasteiger partial charge in [0.2, 0.25) is 5.91 Å². The third kappa shape index (κ3) is 11.4. The van der Waals surface area contributed by atoms with Crippen LogP contribution >= 0.6 is 0 Å². The second-order valence-electron chi connectivity index (χ2n) is 5.29. The molecule has 0 aliphatic carbocycles. The Hall–Kier alpha value is -1.30. The molecular weight excluding hydrogens is 292 g/mol. The van der Waals surface area contributed by atoms with Gasteiger partial charge in [-0.15, -0.1) is 0 Å². The Morgan fingerprint density at radius 3 is 2.41 bits per heavy atom. The van der Waals surface area contributed by atoms with Gasteiger partial charge in [-0.05, 0) is 6.42 Å². The van der Waals surface area contributed by atoms with E-state index in [1.165, 1.54) is 7.05 Å². The van der Waals surface area contributed by atoms with Crippen molar-refractivity contribution in [2.45, 2.75) is 31.0 Å². The van der Waals surface area contributed by atoms with E-state index in [1.807, 2.05) is 0 Å². The lowest BCUT2D eigenvalue weighted by molar-refractivity contribution is -0.139. The number of nitrogens with zero attached hydrogens (tertiary/aromatic N) is 1. The fourth-order valence-corrected chi connectivity index (χ4v) is 1.77. The highest BCUT2D eigenvalue weighted by molar-refractivity contribution is 5.76. The molecule has 22 heavy (non-hydrogen) atoms. The van der Waals surface area contributed by atoms with E-state index in [9.17, 15) is 14.7 Å². The number of hydrazine groups is 1. The number of aliphatic carboxylic acids is 1. The molecule has 130 valence electrons. The molecule has 0 aromatic heterocycles. The maximum atomic E-state index is 11.6. The van der Waals surface area contributed by atoms with Gasteiger partial charge in [-0.25, -0.2) is 5.01 Å². The summed E-state index contributed by atoms with van der Waals surface area (Å²) in [5.41, 5.74) is 19.1. The number of amides is 1. The first-order valence-electron chi connectivity index (χ1n) is 7.07. The maximum Gasteiger partial charge on any atom is 0.319 e. The van der Waals surface area contributed by atoms with Crippen LogP contribution in [-0.4, -0.2) is 78.5 Å². The van der Waals surface area contributed by atoms with Gasteiger partial charge in [0.1, 0.15) is 6.54 Å². The number of carboxylic acid groups (broad SMARTS) is 1. The second-order valence-corrected chi connectivity index (χ2v) is 5.29. The van der Waals surface area contributed by atoms with Gasteiger partial charge >= 0.3 is 5.97 Å². The SMILES string of the molecule is CN(CC(=O)O)NC(=O)C[C@H](N)C[C@@H](O)CNCC(N)CN. The topological polar surface area (TPSA) is 180 Å². The summed E-state index contributed by atoms with van der Waals surface area (Å²) in [5.74, 6) is -1.45. The zero-order valence-electron chi connectivity index (χ0n) is 12.9. The lowest BCUT2D eigenvalue weighted by Gasteiger charge is -2.20. The summed E-state index contributed by atoms with van der Waals surface area (Å²) in [6, 6.07) is -0.699. The van der Waals surface area contributed by atoms with Crippen LogP contribution in [0.25, 0.3) is 0 Å². The molecule has 0 aromatic carbocycles. The van der Waals surface area contributed by atoms with Crippen molar-refractivity contribution in [2.24, 2.45) is 17.2 Å². The van der Waals surface area contributed by atoms with Crippen LogP contribution in [0.5, 0.6) is 0 Å². The van der Waals surface area contributed by atoms with Crippen molar-refractivity contribution in [3.05, 3.63) is 0 Å². The van der Waals surface area contributed by atoms with Crippen molar-refractivity contribution in [3.8, 4) is 0 Å². The van der Waals surface area contributed by atoms with E-state index in [2.05, 4.69) is 10.7 Å². The van der Waals surface area contributed by atoms with E-state index < -0.39 is 24.0 Å². The first-order chi connectivity index (χ1) is 10.2. The van der Waals surface area contributed by atoms with Crippen LogP contribution in [0.15, 0.2) is 0 Å². The largest absolute Gasteiger partial charge is 0.480 e. The lowest BCUT2D eigenvalue weighted by Crippen LogP contribution is -2.45. The molecule has 0 aromatic rings. The van der Waals surface area contributed by atoms with Crippen molar-refractivity contribution < 1.29 is 19.8 Å². The summed E-state index contributed by atoms with van der Waals surface area (Å²) in [6.45, 7) is 0.840. The normalized spacial score (nSPS) is 15.4. The number of carboxylic acids is 1. The van der Waals surface area contributed by atoms with E-state index in [4.69, 9.17) is 22.3 Å². The predicted molar refractivity (Wildman–Crippen MR) is 81.5 cm³/mol. The molecule has 1 unspecified atom stereocenters. The summed E-state index contributed by atoms with van der Waals surface area (Å²) in [5, 5.41) is 22.5. The molecule has 0 fully saturated rings. The molecular formula is C12H28N6O4. The number of nitrogens with two attached hydrogens (primary N) is 3. The minimum absolute atomic E-state index is 0.0106. The Morgan fingerprint density at radius 2 is 1.86 bits per heavy atom. The van der Waals surface area contributed by atoms with Crippen LogP contribution in [0.2, 0.25) is 0 Å². The minimum atomic E-state index is -1.05. The molecule has 0 bridgehead atoms. The third-order valence-electron chi connectivity index (χ3n) is 2.80. The number of nitrogens with one attached hydrogen (secondary N) is 2. The molecule has 10 N–H and O–H groups in total. The number of hydrogen-bond donors (Lipinski definition) is 7. The Morgan fingerprint density at radius 1 is 1.23 bits per heavy atom. The average molecular weight is 320 g/mol. The minimum Gasteiger partial charge on any atom is -0.480 e. The van der Waals surface area contributed by atoms with Gasteiger partial charge in [0.25, 0.3) is 0 Å². The van der Waals surface area contributed by atoms with Gasteiger partial charge in [-0.1, -0.05) is 0 Å². The third-order valence-corrected chi connectivity index (χ3v) is 2.80. The first kappa shape index (κ1) is 20.7. The zero-order chi connectivity index (χ0) is 17.1. The molecule has 1 amide bonds. The van der Waals surface area contributed by atoms with Gasteiger partial charge in [0.15, 0.2) is 0 Å². The molecule has 0 aliphatic rings. The van der Waals surface area contributed by atoms with E-state index in [0.717, 1.165) is 5.01 Å². The van der Waals surface area contributed by atoms with Crippen LogP contribution in [-0.2, 0) is 9.59 Å². The molecule has 0 saturated carbocycles. The number of hydrogen-bond acceptors (Lipinski definition) is 8. The van der Waals surface area contributed by atoms with Crippen molar-refractivity contribution in [3.63, 3.8) is 0 Å². The van der Waals surface area contributed by atoms with Gasteiger partial charge in [0.05, 0.1) is 6.10 Å². The summed E-state index contributed by atoms with van der Waals surface area (Å²) < 4.78 is 0. The standard InChI is InChI=1S/C12H28N6O4/c1-18(7-12(21)22)17-11(20)3-8(14)2-10(19)6-16-5-9(15)4-13/h8-10,16,19H,2-7,13-15H2,1H3,(H,17,20)(H,21,22)/t8-,9?,10-/m1/s1. The van der Waals surface area contributed by atoms with Crippen molar-refractivity contribution in [1.29, 1.82) is 0 Å². The highest BCUT2D eigenvalue weighted by Gasteiger charge is 2.16. The second kappa shape index (κ2) is 11.3. The van der Waals surface area contributed by atoms with Gasteiger partial charge in [-0.3, -0.25) is 15.0 Å². The number of rotatable bonds is 12. The molecule has 10 nitrogen and oxygen atoms in total. The van der Waals surface area contributed by atoms with E-state index in [1.54, 1.807) is 0 Å². The maximum absolute atomic E-state index is 11.6. The Kier molecular flexibility index (Phi) is 10.6. The molecule has 10 heteroatoms. The molecule has 0 saturated heterocycles. The molecule has 0 radical (unpaired) electrons. The monoisotopic (exact) mass is 320 g/mol. The fourth-order valence-electron chi connectivity index (χ4n) is 1.77. The number of aliphatic hydroxyl groups excluding tert-OH is 1. The van der Waals surface area contributed by atoms with Crippen molar-refractivity contribution in [2.75, 3.05) is 33.2 Å². The van der Waals surface area contributed by atoms with Gasteiger partial charge in [0, 0.05) is 45.2 Å². The van der Waals surface area contributed by atoms with Crippen LogP contribution in [0.4, 0.5) is 0 Å². The summed E-state index contributed by atoms with van der Waals surface area (Å²) >= 11 is 0. The summed E-state index contributed by atoms with van der Waals surface area (Å²) in [7, 11) is 1.44. The van der Waals surface area contributed by atoms with Gasteiger partial charge < -0.3 is 32.7 Å². The molecule has 0 rings (SSSR count). The summed E-state index contributed by atoms with van der Waals surface area (Å²) in [4.78, 5) is 22.1. The summed E-state index contributed by atoms with van der Waals surface area (Å²) in [6.07, 6.45) is -0.478. The van der Waals surface area contributed by atoms with Crippen LogP contribution in [0.3, 0.4) is 0 Å². The molecule has 0 heterocycles. The highest BCUT2D eigenvalue weighted by Crippen LogP contribution is 2.00. The number of carbonyl (C=O) groups excluding carboxylic acids is 1. The Labute approximate surface area is 130 Å². The van der Waals surface area contributed by atoms with Crippen LogP contribution < -0.4 is 27.9 Å². The van der Waals surface area contributed by atoms with Crippen LogP contribution in [0, 0.1) is 0 Å². The van der Waals surface area contributed by atoms with Crippen molar-refractivity contribution >= 4 is 11.9 Å². The fraction of sp³-hybridized carbons (Fsp3) is 0.833. The zero-order valence-corrected chi connectivity index (χ0v) is 12.9. The lowest BCUT2D eigenvalue weighted by atomic mass is 10.1. The number of carbonyl (C=O) groups is 2. The first-order valence-corrected chi connectivity index (χ1v) is 7.07. The predicted octanol–water partition coefficient (Wildman–Crippen LogP) is -3.62. The van der Waals surface area contributed by atoms with E-state index in [0.29, 0.717) is 19.6 Å². The van der Waals surface area contributed by atoms with E-state index >= 15 is 0 Å². The van der Waals surface area contributed by atoms with E-state index in [-0.39, 0.29) is 25.4 Å².